The highest BCUT2D eigenvalue weighted by molar-refractivity contribution is 7.87. The Labute approximate surface area is 151 Å². The van der Waals surface area contributed by atoms with Gasteiger partial charge in [-0.1, -0.05) is 0 Å². The Kier molecular flexibility index (Phi) is 4.78. The summed E-state index contributed by atoms with van der Waals surface area (Å²) in [6, 6.07) is 11.4. The minimum absolute atomic E-state index is 0.0884. The summed E-state index contributed by atoms with van der Waals surface area (Å²) in [5, 5.41) is 2.86. The fourth-order valence-electron chi connectivity index (χ4n) is 2.32. The summed E-state index contributed by atoms with van der Waals surface area (Å²) in [6.07, 6.45) is 0. The zero-order valence-corrected chi connectivity index (χ0v) is 15.6. The molecule has 1 aromatic heterocycles. The van der Waals surface area contributed by atoms with E-state index in [1.165, 1.54) is 12.1 Å². The fourth-order valence-corrected chi connectivity index (χ4v) is 4.14. The Morgan fingerprint density at radius 1 is 1.04 bits per heavy atom. The van der Waals surface area contributed by atoms with Crippen molar-refractivity contribution in [1.82, 2.24) is 4.98 Å². The average Bonchev–Trinajstić information content (AvgIpc) is 3.01. The van der Waals surface area contributed by atoms with E-state index < -0.39 is 10.1 Å². The molecule has 0 saturated carbocycles. The molecule has 0 aliphatic carbocycles. The van der Waals surface area contributed by atoms with E-state index >= 15 is 0 Å². The zero-order chi connectivity index (χ0) is 18.0. The van der Waals surface area contributed by atoms with Crippen LogP contribution in [0.4, 0.5) is 0 Å². The lowest BCUT2D eigenvalue weighted by Gasteiger charge is -2.10. The molecular formula is C18H17NO4S2. The van der Waals surface area contributed by atoms with Gasteiger partial charge in [0.25, 0.3) is 0 Å². The molecular weight excluding hydrogens is 358 g/mol. The van der Waals surface area contributed by atoms with E-state index in [9.17, 15) is 8.42 Å². The zero-order valence-electron chi connectivity index (χ0n) is 14.0. The van der Waals surface area contributed by atoms with Crippen LogP contribution in [0.3, 0.4) is 0 Å². The van der Waals surface area contributed by atoms with Crippen LogP contribution in [0.15, 0.2) is 52.7 Å². The third kappa shape index (κ3) is 3.83. The minimum atomic E-state index is -3.90. The smallest absolute Gasteiger partial charge is 0.339 e. The number of methoxy groups -OCH3 is 1. The summed E-state index contributed by atoms with van der Waals surface area (Å²) in [6.45, 7) is 3.71. The van der Waals surface area contributed by atoms with Crippen molar-refractivity contribution in [3.63, 3.8) is 0 Å². The van der Waals surface area contributed by atoms with Crippen molar-refractivity contribution in [2.75, 3.05) is 7.11 Å². The number of ether oxygens (including phenoxy) is 1. The van der Waals surface area contributed by atoms with Gasteiger partial charge in [-0.05, 0) is 61.9 Å². The maximum atomic E-state index is 12.4. The van der Waals surface area contributed by atoms with E-state index in [4.69, 9.17) is 8.92 Å². The van der Waals surface area contributed by atoms with Crippen LogP contribution in [0.25, 0.3) is 10.6 Å². The molecule has 0 saturated heterocycles. The maximum absolute atomic E-state index is 12.4. The fraction of sp³-hybridized carbons (Fsp3) is 0.167. The van der Waals surface area contributed by atoms with Gasteiger partial charge in [0, 0.05) is 16.6 Å². The van der Waals surface area contributed by atoms with Gasteiger partial charge < -0.3 is 8.92 Å². The van der Waals surface area contributed by atoms with Crippen molar-refractivity contribution >= 4 is 21.5 Å². The first kappa shape index (κ1) is 17.4. The molecule has 3 rings (SSSR count). The third-order valence-electron chi connectivity index (χ3n) is 3.58. The minimum Gasteiger partial charge on any atom is -0.496 e. The van der Waals surface area contributed by atoms with Crippen molar-refractivity contribution in [1.29, 1.82) is 0 Å². The summed E-state index contributed by atoms with van der Waals surface area (Å²) in [5.74, 6) is 0.882. The highest BCUT2D eigenvalue weighted by Crippen LogP contribution is 2.28. The van der Waals surface area contributed by atoms with E-state index in [1.54, 1.807) is 55.7 Å². The Bertz CT molecular complexity index is 992. The first-order valence-electron chi connectivity index (χ1n) is 7.51. The molecule has 7 heteroatoms. The molecule has 0 radical (unpaired) electrons. The van der Waals surface area contributed by atoms with E-state index in [0.717, 1.165) is 21.8 Å². The normalized spacial score (nSPS) is 11.3. The molecule has 0 spiro atoms. The van der Waals surface area contributed by atoms with Gasteiger partial charge in [-0.3, -0.25) is 0 Å². The summed E-state index contributed by atoms with van der Waals surface area (Å²) in [7, 11) is -2.36. The monoisotopic (exact) mass is 375 g/mol. The number of benzene rings is 2. The van der Waals surface area contributed by atoms with Crippen LogP contribution < -0.4 is 8.92 Å². The van der Waals surface area contributed by atoms with Crippen LogP contribution in [0.2, 0.25) is 0 Å². The highest BCUT2D eigenvalue weighted by atomic mass is 32.2. The van der Waals surface area contributed by atoms with Crippen molar-refractivity contribution < 1.29 is 17.3 Å². The largest absolute Gasteiger partial charge is 0.496 e. The van der Waals surface area contributed by atoms with Crippen LogP contribution >= 0.6 is 11.3 Å². The molecule has 3 aromatic rings. The van der Waals surface area contributed by atoms with Crippen LogP contribution in [0, 0.1) is 13.8 Å². The van der Waals surface area contributed by atoms with Gasteiger partial charge >= 0.3 is 10.1 Å². The topological polar surface area (TPSA) is 65.5 Å². The summed E-state index contributed by atoms with van der Waals surface area (Å²) < 4.78 is 35.3. The molecule has 0 bridgehead atoms. The Hall–Kier alpha value is -2.38. The van der Waals surface area contributed by atoms with Crippen molar-refractivity contribution in [3.8, 4) is 22.1 Å². The molecule has 0 fully saturated rings. The van der Waals surface area contributed by atoms with Gasteiger partial charge in [-0.25, -0.2) is 4.98 Å². The number of nitrogens with zero attached hydrogens (tertiary/aromatic N) is 1. The molecule has 5 nitrogen and oxygen atoms in total. The Balaban J connectivity index is 1.82. The van der Waals surface area contributed by atoms with Gasteiger partial charge in [0.1, 0.15) is 21.4 Å². The van der Waals surface area contributed by atoms with Crippen LogP contribution in [0.5, 0.6) is 11.5 Å². The SMILES string of the molecule is COc1ccc(S(=O)(=O)Oc2ccc(-c3nc(C)cs3)cc2)cc1C. The molecule has 2 aromatic carbocycles. The molecule has 0 atom stereocenters. The summed E-state index contributed by atoms with van der Waals surface area (Å²) in [4.78, 5) is 4.49. The number of rotatable bonds is 5. The quantitative estimate of drug-likeness (QED) is 0.625. The molecule has 25 heavy (non-hydrogen) atoms. The van der Waals surface area contributed by atoms with Gasteiger partial charge in [0.15, 0.2) is 0 Å². The Morgan fingerprint density at radius 2 is 1.76 bits per heavy atom. The van der Waals surface area contributed by atoms with Crippen LogP contribution in [0.1, 0.15) is 11.3 Å². The van der Waals surface area contributed by atoms with Crippen molar-refractivity contribution in [3.05, 3.63) is 59.1 Å². The maximum Gasteiger partial charge on any atom is 0.339 e. The second kappa shape index (κ2) is 6.85. The van der Waals surface area contributed by atoms with Crippen molar-refractivity contribution in [2.24, 2.45) is 0 Å². The Morgan fingerprint density at radius 3 is 2.32 bits per heavy atom. The molecule has 0 unspecified atom stereocenters. The number of thiazole rings is 1. The van der Waals surface area contributed by atoms with Gasteiger partial charge in [0.05, 0.1) is 7.11 Å². The lowest BCUT2D eigenvalue weighted by molar-refractivity contribution is 0.411. The van der Waals surface area contributed by atoms with Gasteiger partial charge in [-0.2, -0.15) is 8.42 Å². The van der Waals surface area contributed by atoms with E-state index in [1.807, 2.05) is 12.3 Å². The highest BCUT2D eigenvalue weighted by Gasteiger charge is 2.18. The lowest BCUT2D eigenvalue weighted by Crippen LogP contribution is -2.10. The van der Waals surface area contributed by atoms with Crippen LogP contribution in [-0.4, -0.2) is 20.5 Å². The van der Waals surface area contributed by atoms with Crippen molar-refractivity contribution in [2.45, 2.75) is 18.7 Å². The number of aryl methyl sites for hydroxylation is 2. The predicted molar refractivity (Wildman–Crippen MR) is 97.8 cm³/mol. The molecule has 1 heterocycles. The number of aromatic nitrogens is 1. The summed E-state index contributed by atoms with van der Waals surface area (Å²) in [5.41, 5.74) is 2.60. The molecule has 0 aliphatic heterocycles. The van der Waals surface area contributed by atoms with Gasteiger partial charge in [-0.15, -0.1) is 11.3 Å². The van der Waals surface area contributed by atoms with E-state index in [-0.39, 0.29) is 10.6 Å². The average molecular weight is 375 g/mol. The second-order valence-electron chi connectivity index (χ2n) is 5.49. The molecule has 130 valence electrons. The number of hydrogen-bond donors (Lipinski definition) is 0. The van der Waals surface area contributed by atoms with E-state index in [2.05, 4.69) is 4.98 Å². The molecule has 0 amide bonds. The second-order valence-corrected chi connectivity index (χ2v) is 7.89. The third-order valence-corrected chi connectivity index (χ3v) is 5.83. The molecule has 0 aliphatic rings. The lowest BCUT2D eigenvalue weighted by atomic mass is 10.2. The van der Waals surface area contributed by atoms with E-state index in [0.29, 0.717) is 5.75 Å². The van der Waals surface area contributed by atoms with Crippen LogP contribution in [-0.2, 0) is 10.1 Å². The van der Waals surface area contributed by atoms with Gasteiger partial charge in [0.2, 0.25) is 0 Å². The number of hydrogen-bond acceptors (Lipinski definition) is 6. The predicted octanol–water partition coefficient (Wildman–Crippen LogP) is 4.20. The standard InChI is InChI=1S/C18H17NO4S2/c1-12-10-16(8-9-17(12)22-3)25(20,21)23-15-6-4-14(5-7-15)18-19-13(2)11-24-18/h4-11H,1-3H3. The molecule has 0 N–H and O–H groups in total. The first-order chi connectivity index (χ1) is 11.9. The first-order valence-corrected chi connectivity index (χ1v) is 9.79. The summed E-state index contributed by atoms with van der Waals surface area (Å²) >= 11 is 1.54.